The van der Waals surface area contributed by atoms with E-state index in [4.69, 9.17) is 0 Å². The first-order chi connectivity index (χ1) is 14.4. The lowest BCUT2D eigenvalue weighted by molar-refractivity contribution is -0.384. The van der Waals surface area contributed by atoms with Crippen LogP contribution in [0.4, 0.5) is 11.4 Å². The minimum atomic E-state index is -0.621. The fraction of sp³-hybridized carbons (Fsp3) is 0.333. The zero-order valence-corrected chi connectivity index (χ0v) is 17.8. The molecule has 0 saturated heterocycles. The van der Waals surface area contributed by atoms with Crippen LogP contribution in [0.25, 0.3) is 0 Å². The average molecular weight is 431 g/mol. The van der Waals surface area contributed by atoms with Crippen LogP contribution in [0.5, 0.6) is 0 Å². The van der Waals surface area contributed by atoms with Crippen LogP contribution >= 0.6 is 11.8 Å². The van der Waals surface area contributed by atoms with Gasteiger partial charge in [-0.25, -0.2) is 0 Å². The summed E-state index contributed by atoms with van der Waals surface area (Å²) in [6, 6.07) is 12.7. The number of aryl methyl sites for hydroxylation is 1. The van der Waals surface area contributed by atoms with Crippen molar-refractivity contribution in [2.45, 2.75) is 19.4 Å². The van der Waals surface area contributed by atoms with Gasteiger partial charge >= 0.3 is 0 Å². The van der Waals surface area contributed by atoms with Crippen LogP contribution in [0.1, 0.15) is 22.3 Å². The van der Waals surface area contributed by atoms with Crippen LogP contribution in [0, 0.1) is 17.0 Å². The normalized spacial score (nSPS) is 11.4. The first-order valence-electron chi connectivity index (χ1n) is 9.53. The molecule has 0 spiro atoms. The molecular weight excluding hydrogens is 404 g/mol. The van der Waals surface area contributed by atoms with Gasteiger partial charge in [-0.15, -0.1) is 0 Å². The van der Waals surface area contributed by atoms with Crippen LogP contribution in [0.3, 0.4) is 0 Å². The molecule has 0 bridgehead atoms. The zero-order valence-electron chi connectivity index (χ0n) is 17.0. The Morgan fingerprint density at radius 2 is 1.87 bits per heavy atom. The summed E-state index contributed by atoms with van der Waals surface area (Å²) in [5.74, 6) is 0.229. The molecule has 160 valence electrons. The third-order valence-electron chi connectivity index (χ3n) is 4.34. The summed E-state index contributed by atoms with van der Waals surface area (Å²) >= 11 is 1.61. The van der Waals surface area contributed by atoms with Gasteiger partial charge in [-0.1, -0.05) is 17.7 Å². The number of hydrogen-bond donors (Lipinski definition) is 3. The molecule has 0 aromatic heterocycles. The Hall–Kier alpha value is -3.07. The summed E-state index contributed by atoms with van der Waals surface area (Å²) in [5, 5.41) is 19.4. The summed E-state index contributed by atoms with van der Waals surface area (Å²) in [5.41, 5.74) is 2.25. The predicted molar refractivity (Wildman–Crippen MR) is 120 cm³/mol. The number of thioether (sulfide) groups is 1. The molecule has 2 aromatic rings. The minimum Gasteiger partial charge on any atom is -0.383 e. The van der Waals surface area contributed by atoms with E-state index < -0.39 is 11.0 Å². The van der Waals surface area contributed by atoms with Crippen LogP contribution in [0.2, 0.25) is 0 Å². The number of nitrogens with one attached hydrogen (secondary N) is 3. The molecule has 0 radical (unpaired) electrons. The lowest BCUT2D eigenvalue weighted by atomic mass is 10.1. The van der Waals surface area contributed by atoms with Gasteiger partial charge in [0.1, 0.15) is 6.04 Å². The van der Waals surface area contributed by atoms with E-state index in [1.54, 1.807) is 36.0 Å². The summed E-state index contributed by atoms with van der Waals surface area (Å²) in [6.45, 7) is 2.71. The fourth-order valence-corrected chi connectivity index (χ4v) is 3.22. The molecular formula is C21H26N4O4S. The number of carbonyl (C=O) groups excluding carboxylic acids is 2. The number of rotatable bonds is 11. The fourth-order valence-electron chi connectivity index (χ4n) is 2.75. The second-order valence-electron chi connectivity index (χ2n) is 6.70. The summed E-state index contributed by atoms with van der Waals surface area (Å²) in [7, 11) is 0. The van der Waals surface area contributed by atoms with Crippen molar-refractivity contribution in [1.82, 2.24) is 10.6 Å². The topological polar surface area (TPSA) is 113 Å². The van der Waals surface area contributed by atoms with Gasteiger partial charge in [0.05, 0.1) is 4.92 Å². The van der Waals surface area contributed by atoms with E-state index in [0.717, 1.165) is 17.0 Å². The van der Waals surface area contributed by atoms with E-state index in [2.05, 4.69) is 16.0 Å². The molecule has 1 atom stereocenters. The quantitative estimate of drug-likeness (QED) is 0.287. The number of amides is 2. The lowest BCUT2D eigenvalue weighted by Gasteiger charge is -2.18. The van der Waals surface area contributed by atoms with Gasteiger partial charge in [0, 0.05) is 36.5 Å². The maximum Gasteiger partial charge on any atom is 0.269 e. The van der Waals surface area contributed by atoms with Gasteiger partial charge in [0.15, 0.2) is 0 Å². The SMILES string of the molecule is CSCCC(NC(=O)c1cccc(C)c1)C(=O)NCCNc1ccc([N+](=O)[O-])cc1. The van der Waals surface area contributed by atoms with E-state index in [9.17, 15) is 19.7 Å². The third kappa shape index (κ3) is 7.40. The van der Waals surface area contributed by atoms with Gasteiger partial charge in [-0.3, -0.25) is 19.7 Å². The molecule has 2 rings (SSSR count). The molecule has 1 unspecified atom stereocenters. The lowest BCUT2D eigenvalue weighted by Crippen LogP contribution is -2.48. The highest BCUT2D eigenvalue weighted by Gasteiger charge is 2.20. The van der Waals surface area contributed by atoms with E-state index in [1.807, 2.05) is 25.3 Å². The largest absolute Gasteiger partial charge is 0.383 e. The molecule has 0 aliphatic carbocycles. The maximum absolute atomic E-state index is 12.6. The predicted octanol–water partition coefficient (Wildman–Crippen LogP) is 2.98. The van der Waals surface area contributed by atoms with Crippen molar-refractivity contribution in [2.75, 3.05) is 30.4 Å². The van der Waals surface area contributed by atoms with Crippen molar-refractivity contribution in [2.24, 2.45) is 0 Å². The van der Waals surface area contributed by atoms with Crippen molar-refractivity contribution in [3.05, 3.63) is 69.8 Å². The van der Waals surface area contributed by atoms with Crippen molar-refractivity contribution < 1.29 is 14.5 Å². The number of hydrogen-bond acceptors (Lipinski definition) is 6. The molecule has 0 heterocycles. The van der Waals surface area contributed by atoms with Crippen molar-refractivity contribution in [3.8, 4) is 0 Å². The molecule has 0 aliphatic heterocycles. The molecule has 0 aliphatic rings. The van der Waals surface area contributed by atoms with Crippen molar-refractivity contribution in [1.29, 1.82) is 0 Å². The van der Waals surface area contributed by atoms with Gasteiger partial charge in [-0.05, 0) is 49.6 Å². The van der Waals surface area contributed by atoms with Gasteiger partial charge in [-0.2, -0.15) is 11.8 Å². The van der Waals surface area contributed by atoms with E-state index in [0.29, 0.717) is 25.1 Å². The standard InChI is InChI=1S/C21H26N4O4S/c1-15-4-3-5-16(14-15)20(26)24-19(10-13-30-2)21(27)23-12-11-22-17-6-8-18(9-7-17)25(28)29/h3-9,14,19,22H,10-13H2,1-2H3,(H,23,27)(H,24,26). The number of anilines is 1. The molecule has 0 fully saturated rings. The summed E-state index contributed by atoms with van der Waals surface area (Å²) in [4.78, 5) is 35.3. The number of nitro benzene ring substituents is 1. The third-order valence-corrected chi connectivity index (χ3v) is 4.99. The smallest absolute Gasteiger partial charge is 0.269 e. The minimum absolute atomic E-state index is 0.0230. The molecule has 2 aromatic carbocycles. The Morgan fingerprint density at radius 1 is 1.13 bits per heavy atom. The van der Waals surface area contributed by atoms with Gasteiger partial charge < -0.3 is 16.0 Å². The number of carbonyl (C=O) groups is 2. The van der Waals surface area contributed by atoms with E-state index >= 15 is 0 Å². The molecule has 30 heavy (non-hydrogen) atoms. The maximum atomic E-state index is 12.6. The monoisotopic (exact) mass is 430 g/mol. The summed E-state index contributed by atoms with van der Waals surface area (Å²) in [6.07, 6.45) is 2.48. The second-order valence-corrected chi connectivity index (χ2v) is 7.68. The van der Waals surface area contributed by atoms with Crippen molar-refractivity contribution >= 4 is 35.0 Å². The van der Waals surface area contributed by atoms with Crippen molar-refractivity contribution in [3.63, 3.8) is 0 Å². The zero-order chi connectivity index (χ0) is 21.9. The van der Waals surface area contributed by atoms with Crippen LogP contribution in [0.15, 0.2) is 48.5 Å². The number of non-ortho nitro benzene ring substituents is 1. The first-order valence-corrected chi connectivity index (χ1v) is 10.9. The number of benzene rings is 2. The Labute approximate surface area is 180 Å². The Kier molecular flexibility index (Phi) is 9.14. The molecule has 2 amide bonds. The Balaban J connectivity index is 1.85. The van der Waals surface area contributed by atoms with Gasteiger partial charge in [0.25, 0.3) is 11.6 Å². The molecule has 0 saturated carbocycles. The highest BCUT2D eigenvalue weighted by Crippen LogP contribution is 2.15. The highest BCUT2D eigenvalue weighted by atomic mass is 32.2. The Morgan fingerprint density at radius 3 is 2.50 bits per heavy atom. The van der Waals surface area contributed by atoms with Crippen LogP contribution in [-0.2, 0) is 4.79 Å². The first kappa shape index (κ1) is 23.2. The Bertz CT molecular complexity index is 874. The average Bonchev–Trinajstić information content (AvgIpc) is 2.74. The van der Waals surface area contributed by atoms with Crippen LogP contribution < -0.4 is 16.0 Å². The molecule has 3 N–H and O–H groups in total. The molecule has 8 nitrogen and oxygen atoms in total. The highest BCUT2D eigenvalue weighted by molar-refractivity contribution is 7.98. The summed E-state index contributed by atoms with van der Waals surface area (Å²) < 4.78 is 0. The van der Waals surface area contributed by atoms with Crippen LogP contribution in [-0.4, -0.2) is 47.9 Å². The van der Waals surface area contributed by atoms with Gasteiger partial charge in [0.2, 0.25) is 5.91 Å². The van der Waals surface area contributed by atoms with E-state index in [1.165, 1.54) is 12.1 Å². The number of nitrogens with zero attached hydrogens (tertiary/aromatic N) is 1. The second kappa shape index (κ2) is 11.8. The van der Waals surface area contributed by atoms with E-state index in [-0.39, 0.29) is 17.5 Å². The molecule has 9 heteroatoms. The number of nitro groups is 1.